The van der Waals surface area contributed by atoms with Gasteiger partial charge in [-0.05, 0) is 19.9 Å². The van der Waals surface area contributed by atoms with Crippen LogP contribution in [0.1, 0.15) is 13.8 Å². The predicted molar refractivity (Wildman–Crippen MR) is 45.8 cm³/mol. The van der Waals surface area contributed by atoms with Crippen LogP contribution in [0, 0.1) is 0 Å². The summed E-state index contributed by atoms with van der Waals surface area (Å²) in [6.07, 6.45) is 1.73. The van der Waals surface area contributed by atoms with Gasteiger partial charge < -0.3 is 10.1 Å². The predicted octanol–water partition coefficient (Wildman–Crippen LogP) is 0.453. The molecule has 0 bridgehead atoms. The van der Waals surface area contributed by atoms with Crippen LogP contribution in [0.5, 0.6) is 0 Å². The Kier molecular flexibility index (Phi) is 2.47. The lowest BCUT2D eigenvalue weighted by molar-refractivity contribution is -0.140. The number of esters is 1. The number of rotatable bonds is 1. The van der Waals surface area contributed by atoms with E-state index in [1.807, 2.05) is 13.8 Å². The van der Waals surface area contributed by atoms with Gasteiger partial charge in [0.2, 0.25) is 0 Å². The Bertz CT molecular complexity index is 238. The van der Waals surface area contributed by atoms with Crippen LogP contribution in [-0.4, -0.2) is 25.0 Å². The Balaban J connectivity index is 2.77. The number of nitrogens with zero attached hydrogens (tertiary/aromatic N) is 1. The molecule has 0 aromatic rings. The van der Waals surface area contributed by atoms with Gasteiger partial charge >= 0.3 is 5.97 Å². The summed E-state index contributed by atoms with van der Waals surface area (Å²) in [7, 11) is 1.36. The normalized spacial score (nSPS) is 22.1. The summed E-state index contributed by atoms with van der Waals surface area (Å²) >= 11 is 0. The maximum absolute atomic E-state index is 11.1. The third-order valence-electron chi connectivity index (χ3n) is 1.56. The number of methoxy groups -OCH3 is 1. The van der Waals surface area contributed by atoms with Gasteiger partial charge in [0.1, 0.15) is 0 Å². The molecular formula is C8H12N2O2. The number of nitrogens with one attached hydrogen (secondary N) is 1. The number of carbonyl (C=O) groups is 1. The van der Waals surface area contributed by atoms with Crippen molar-refractivity contribution in [3.8, 4) is 0 Å². The molecule has 0 fully saturated rings. The van der Waals surface area contributed by atoms with Gasteiger partial charge in [0.25, 0.3) is 0 Å². The first-order chi connectivity index (χ1) is 5.63. The van der Waals surface area contributed by atoms with E-state index in [9.17, 15) is 4.79 Å². The molecule has 1 unspecified atom stereocenters. The minimum atomic E-state index is -0.476. The quantitative estimate of drug-likeness (QED) is 0.578. The van der Waals surface area contributed by atoms with Crippen LogP contribution in [0.2, 0.25) is 0 Å². The molecule has 0 saturated heterocycles. The second kappa shape index (κ2) is 3.38. The van der Waals surface area contributed by atoms with Crippen molar-refractivity contribution in [1.82, 2.24) is 5.32 Å². The Morgan fingerprint density at radius 1 is 1.67 bits per heavy atom. The Hall–Kier alpha value is -1.32. The van der Waals surface area contributed by atoms with E-state index in [2.05, 4.69) is 15.0 Å². The summed E-state index contributed by atoms with van der Waals surface area (Å²) in [4.78, 5) is 15.1. The minimum absolute atomic E-state index is 0.324. The molecule has 1 aliphatic rings. The molecule has 4 heteroatoms. The van der Waals surface area contributed by atoms with Gasteiger partial charge in [0.15, 0.2) is 6.04 Å². The second-order valence-corrected chi connectivity index (χ2v) is 2.66. The number of hydrogen-bond donors (Lipinski definition) is 1. The number of allylic oxidation sites excluding steroid dienone is 1. The van der Waals surface area contributed by atoms with Gasteiger partial charge in [-0.25, -0.2) is 4.79 Å². The van der Waals surface area contributed by atoms with E-state index in [0.717, 1.165) is 11.5 Å². The topological polar surface area (TPSA) is 50.7 Å². The van der Waals surface area contributed by atoms with Crippen LogP contribution in [0.4, 0.5) is 0 Å². The summed E-state index contributed by atoms with van der Waals surface area (Å²) in [6.45, 7) is 3.70. The van der Waals surface area contributed by atoms with Crippen molar-refractivity contribution in [2.45, 2.75) is 19.9 Å². The number of ether oxygens (including phenoxy) is 1. The second-order valence-electron chi connectivity index (χ2n) is 2.66. The number of carbonyl (C=O) groups excluding carboxylic acids is 1. The average Bonchev–Trinajstić information content (AvgIpc) is 2.01. The highest BCUT2D eigenvalue weighted by Gasteiger charge is 2.18. The van der Waals surface area contributed by atoms with E-state index >= 15 is 0 Å². The highest BCUT2D eigenvalue weighted by molar-refractivity contribution is 5.88. The fourth-order valence-corrected chi connectivity index (χ4v) is 1.08. The Morgan fingerprint density at radius 3 is 2.83 bits per heavy atom. The molecule has 0 radical (unpaired) electrons. The molecule has 0 aromatic heterocycles. The van der Waals surface area contributed by atoms with Crippen molar-refractivity contribution in [2.75, 3.05) is 7.11 Å². The molecule has 0 saturated carbocycles. The van der Waals surface area contributed by atoms with Gasteiger partial charge in [0, 0.05) is 5.70 Å². The Morgan fingerprint density at radius 2 is 2.33 bits per heavy atom. The lowest BCUT2D eigenvalue weighted by atomic mass is 10.2. The third-order valence-corrected chi connectivity index (χ3v) is 1.56. The SMILES string of the molecule is COC(=O)C1C=C(C)NC(C)=N1. The van der Waals surface area contributed by atoms with Crippen molar-refractivity contribution in [2.24, 2.45) is 4.99 Å². The average molecular weight is 168 g/mol. The molecule has 12 heavy (non-hydrogen) atoms. The largest absolute Gasteiger partial charge is 0.467 e. The maximum atomic E-state index is 11.1. The van der Waals surface area contributed by atoms with E-state index in [0.29, 0.717) is 0 Å². The van der Waals surface area contributed by atoms with Crippen LogP contribution in [0.3, 0.4) is 0 Å². The van der Waals surface area contributed by atoms with E-state index < -0.39 is 6.04 Å². The molecule has 66 valence electrons. The first-order valence-electron chi connectivity index (χ1n) is 3.71. The molecule has 1 N–H and O–H groups in total. The molecule has 1 heterocycles. The van der Waals surface area contributed by atoms with Crippen LogP contribution < -0.4 is 5.32 Å². The van der Waals surface area contributed by atoms with Crippen molar-refractivity contribution < 1.29 is 9.53 Å². The van der Waals surface area contributed by atoms with Gasteiger partial charge in [0.05, 0.1) is 12.9 Å². The molecule has 1 rings (SSSR count). The van der Waals surface area contributed by atoms with Crippen LogP contribution >= 0.6 is 0 Å². The third kappa shape index (κ3) is 1.84. The van der Waals surface area contributed by atoms with Crippen LogP contribution in [0.15, 0.2) is 16.8 Å². The highest BCUT2D eigenvalue weighted by atomic mass is 16.5. The van der Waals surface area contributed by atoms with Gasteiger partial charge in [-0.3, -0.25) is 4.99 Å². The number of amidine groups is 1. The lowest BCUT2D eigenvalue weighted by Crippen LogP contribution is -2.30. The summed E-state index contributed by atoms with van der Waals surface area (Å²) in [6, 6.07) is -0.476. The van der Waals surface area contributed by atoms with Gasteiger partial charge in [-0.1, -0.05) is 0 Å². The van der Waals surface area contributed by atoms with Crippen LogP contribution in [0.25, 0.3) is 0 Å². The van der Waals surface area contributed by atoms with Gasteiger partial charge in [-0.15, -0.1) is 0 Å². The lowest BCUT2D eigenvalue weighted by Gasteiger charge is -2.16. The molecule has 0 aromatic carbocycles. The fourth-order valence-electron chi connectivity index (χ4n) is 1.08. The van der Waals surface area contributed by atoms with Crippen molar-refractivity contribution >= 4 is 11.8 Å². The molecular weight excluding hydrogens is 156 g/mol. The van der Waals surface area contributed by atoms with Crippen molar-refractivity contribution in [3.63, 3.8) is 0 Å². The van der Waals surface area contributed by atoms with Crippen molar-refractivity contribution in [3.05, 3.63) is 11.8 Å². The van der Waals surface area contributed by atoms with Crippen molar-refractivity contribution in [1.29, 1.82) is 0 Å². The first kappa shape index (κ1) is 8.77. The molecule has 1 aliphatic heterocycles. The Labute approximate surface area is 71.3 Å². The van der Waals surface area contributed by atoms with E-state index in [1.54, 1.807) is 6.08 Å². The molecule has 0 aliphatic carbocycles. The summed E-state index contributed by atoms with van der Waals surface area (Å²) in [5, 5.41) is 2.99. The monoisotopic (exact) mass is 168 g/mol. The summed E-state index contributed by atoms with van der Waals surface area (Å²) in [5.74, 6) is 0.417. The van der Waals surface area contributed by atoms with E-state index in [4.69, 9.17) is 0 Å². The van der Waals surface area contributed by atoms with E-state index in [1.165, 1.54) is 7.11 Å². The number of hydrogen-bond acceptors (Lipinski definition) is 4. The number of aliphatic imine (C=N–C) groups is 1. The highest BCUT2D eigenvalue weighted by Crippen LogP contribution is 2.05. The molecule has 4 nitrogen and oxygen atoms in total. The standard InChI is InChI=1S/C8H12N2O2/c1-5-4-7(8(11)12-3)10-6(2)9-5/h4,7H,1-3H3,(H,9,10). The fraction of sp³-hybridized carbons (Fsp3) is 0.500. The zero-order chi connectivity index (χ0) is 9.14. The van der Waals surface area contributed by atoms with Crippen LogP contribution in [-0.2, 0) is 9.53 Å². The smallest absolute Gasteiger partial charge is 0.334 e. The van der Waals surface area contributed by atoms with Gasteiger partial charge in [-0.2, -0.15) is 0 Å². The zero-order valence-corrected chi connectivity index (χ0v) is 7.42. The minimum Gasteiger partial charge on any atom is -0.467 e. The summed E-state index contributed by atoms with van der Waals surface area (Å²) < 4.78 is 4.57. The zero-order valence-electron chi connectivity index (χ0n) is 7.42. The van der Waals surface area contributed by atoms with E-state index in [-0.39, 0.29) is 5.97 Å². The molecule has 0 amide bonds. The molecule has 0 spiro atoms. The first-order valence-corrected chi connectivity index (χ1v) is 3.71. The molecule has 1 atom stereocenters. The summed E-state index contributed by atoms with van der Waals surface area (Å²) in [5.41, 5.74) is 0.929. The maximum Gasteiger partial charge on any atom is 0.334 e.